The Morgan fingerprint density at radius 2 is 0.721 bits per heavy atom. The third kappa shape index (κ3) is 5.93. The van der Waals surface area contributed by atoms with E-state index in [-0.39, 0.29) is 0 Å². The van der Waals surface area contributed by atoms with Crippen LogP contribution in [0.15, 0.2) is 237 Å². The minimum Gasteiger partial charge on any atom is -0.309 e. The lowest BCUT2D eigenvalue weighted by Crippen LogP contribution is -2.06. The normalized spacial score (nSPS) is 11.8. The SMILES string of the molecule is c1ccc(-c2cccc(-c3nc(-c4ccccc4)nc(-n4c5ccccc5c5ccc6c(c7ccccc7n6-c6ccc(-c7ccc8c9ccccc9c9ccccc9c8c7)cc6)c54)n3)c2)cc1. The predicted molar refractivity (Wildman–Crippen MR) is 283 cm³/mol. The van der Waals surface area contributed by atoms with Crippen LogP contribution < -0.4 is 0 Å². The first kappa shape index (κ1) is 38.1. The zero-order valence-corrected chi connectivity index (χ0v) is 36.8. The summed E-state index contributed by atoms with van der Waals surface area (Å²) < 4.78 is 4.66. The summed E-state index contributed by atoms with van der Waals surface area (Å²) in [6.45, 7) is 0. The number of aromatic nitrogens is 5. The molecule has 14 rings (SSSR count). The summed E-state index contributed by atoms with van der Waals surface area (Å²) in [6, 6.07) is 84.6. The van der Waals surface area contributed by atoms with Gasteiger partial charge >= 0.3 is 0 Å². The molecule has 5 heteroatoms. The van der Waals surface area contributed by atoms with Gasteiger partial charge < -0.3 is 4.57 Å². The Labute approximate surface area is 391 Å². The van der Waals surface area contributed by atoms with Gasteiger partial charge in [0.1, 0.15) is 0 Å². The Bertz CT molecular complexity index is 4270. The van der Waals surface area contributed by atoms with Crippen LogP contribution in [-0.4, -0.2) is 24.1 Å². The first-order chi connectivity index (χ1) is 33.7. The molecule has 5 nitrogen and oxygen atoms in total. The lowest BCUT2D eigenvalue weighted by atomic mass is 9.92. The summed E-state index contributed by atoms with van der Waals surface area (Å²) >= 11 is 0. The smallest absolute Gasteiger partial charge is 0.238 e. The number of para-hydroxylation sites is 2. The molecule has 0 N–H and O–H groups in total. The van der Waals surface area contributed by atoms with E-state index >= 15 is 0 Å². The van der Waals surface area contributed by atoms with Crippen LogP contribution in [-0.2, 0) is 0 Å². The average molecular weight is 866 g/mol. The topological polar surface area (TPSA) is 48.5 Å². The number of benzene rings is 11. The van der Waals surface area contributed by atoms with Crippen LogP contribution in [0.4, 0.5) is 0 Å². The largest absolute Gasteiger partial charge is 0.309 e. The van der Waals surface area contributed by atoms with Gasteiger partial charge in [0.25, 0.3) is 0 Å². The maximum absolute atomic E-state index is 5.38. The molecule has 0 radical (unpaired) electrons. The minimum atomic E-state index is 0.565. The highest BCUT2D eigenvalue weighted by atomic mass is 15.2. The second kappa shape index (κ2) is 15.2. The van der Waals surface area contributed by atoms with Gasteiger partial charge in [-0.15, -0.1) is 0 Å². The molecule has 14 aromatic rings. The second-order valence-electron chi connectivity index (χ2n) is 17.6. The molecule has 3 aromatic heterocycles. The van der Waals surface area contributed by atoms with Crippen molar-refractivity contribution in [3.63, 3.8) is 0 Å². The molecule has 0 unspecified atom stereocenters. The van der Waals surface area contributed by atoms with E-state index in [9.17, 15) is 0 Å². The molecule has 316 valence electrons. The van der Waals surface area contributed by atoms with Gasteiger partial charge in [0.15, 0.2) is 11.6 Å². The molecule has 0 saturated carbocycles. The van der Waals surface area contributed by atoms with Crippen molar-refractivity contribution in [2.75, 3.05) is 0 Å². The summed E-state index contributed by atoms with van der Waals surface area (Å²) in [5, 5.41) is 12.2. The van der Waals surface area contributed by atoms with Gasteiger partial charge in [-0.05, 0) is 97.0 Å². The molecule has 3 heterocycles. The quantitative estimate of drug-likeness (QED) is 0.156. The molecular formula is C63H39N5. The molecule has 68 heavy (non-hydrogen) atoms. The zero-order valence-electron chi connectivity index (χ0n) is 36.8. The van der Waals surface area contributed by atoms with Crippen molar-refractivity contribution >= 4 is 75.9 Å². The monoisotopic (exact) mass is 865 g/mol. The van der Waals surface area contributed by atoms with E-state index in [1.807, 2.05) is 24.3 Å². The molecule has 11 aromatic carbocycles. The fraction of sp³-hybridized carbons (Fsp3) is 0. The molecule has 0 amide bonds. The van der Waals surface area contributed by atoms with Crippen molar-refractivity contribution in [2.24, 2.45) is 0 Å². The molecule has 0 saturated heterocycles. The van der Waals surface area contributed by atoms with E-state index in [1.54, 1.807) is 0 Å². The summed E-state index contributed by atoms with van der Waals surface area (Å²) in [4.78, 5) is 15.9. The Balaban J connectivity index is 0.968. The fourth-order valence-electron chi connectivity index (χ4n) is 10.7. The van der Waals surface area contributed by atoms with Gasteiger partial charge in [-0.3, -0.25) is 4.57 Å². The zero-order chi connectivity index (χ0) is 44.7. The highest BCUT2D eigenvalue weighted by Crippen LogP contribution is 2.43. The molecule has 0 aliphatic carbocycles. The third-order valence-electron chi connectivity index (χ3n) is 13.8. The number of nitrogens with zero attached hydrogens (tertiary/aromatic N) is 5. The van der Waals surface area contributed by atoms with Crippen molar-refractivity contribution < 1.29 is 0 Å². The van der Waals surface area contributed by atoms with Crippen molar-refractivity contribution in [3.05, 3.63) is 237 Å². The van der Waals surface area contributed by atoms with E-state index in [0.29, 0.717) is 17.6 Å². The van der Waals surface area contributed by atoms with Gasteiger partial charge in [-0.2, -0.15) is 9.97 Å². The van der Waals surface area contributed by atoms with E-state index in [1.165, 1.54) is 43.4 Å². The molecular weight excluding hydrogens is 827 g/mol. The Morgan fingerprint density at radius 3 is 1.41 bits per heavy atom. The standard InChI is InChI=1S/C63H39N5/c1-3-16-40(17-4-1)43-20-15-21-45(38-43)62-64-61(42-18-5-2-6-19-42)65-63(66-62)68-56-28-13-11-26-52(56)53-36-37-58-59(60(53)68)54-27-12-14-29-57(54)67(58)46-33-30-41(31-34-46)44-32-35-51-49-24-8-7-22-47(49)48-23-9-10-25-50(48)55(51)39-44/h1-39H. The van der Waals surface area contributed by atoms with Crippen molar-refractivity contribution in [3.8, 4) is 56.7 Å². The third-order valence-corrected chi connectivity index (χ3v) is 13.8. The van der Waals surface area contributed by atoms with E-state index in [4.69, 9.17) is 15.0 Å². The van der Waals surface area contributed by atoms with Crippen LogP contribution in [0.3, 0.4) is 0 Å². The molecule has 0 atom stereocenters. The Kier molecular flexibility index (Phi) is 8.52. The van der Waals surface area contributed by atoms with Gasteiger partial charge in [-0.25, -0.2) is 4.98 Å². The van der Waals surface area contributed by atoms with Crippen LogP contribution in [0.5, 0.6) is 0 Å². The lowest BCUT2D eigenvalue weighted by molar-refractivity contribution is 0.955. The van der Waals surface area contributed by atoms with Crippen LogP contribution in [0.2, 0.25) is 0 Å². The van der Waals surface area contributed by atoms with Gasteiger partial charge in [0.2, 0.25) is 5.95 Å². The van der Waals surface area contributed by atoms with Crippen LogP contribution in [0, 0.1) is 0 Å². The number of hydrogen-bond donors (Lipinski definition) is 0. The average Bonchev–Trinajstić information content (AvgIpc) is 3.94. The first-order valence-electron chi connectivity index (χ1n) is 23.1. The first-order valence-corrected chi connectivity index (χ1v) is 23.1. The minimum absolute atomic E-state index is 0.565. The molecule has 0 fully saturated rings. The van der Waals surface area contributed by atoms with Gasteiger partial charge in [0, 0.05) is 38.4 Å². The number of hydrogen-bond acceptors (Lipinski definition) is 3. The van der Waals surface area contributed by atoms with Crippen molar-refractivity contribution in [1.29, 1.82) is 0 Å². The highest BCUT2D eigenvalue weighted by molar-refractivity contribution is 6.27. The highest BCUT2D eigenvalue weighted by Gasteiger charge is 2.23. The molecule has 0 spiro atoms. The fourth-order valence-corrected chi connectivity index (χ4v) is 10.7. The van der Waals surface area contributed by atoms with Crippen LogP contribution in [0.25, 0.3) is 133 Å². The van der Waals surface area contributed by atoms with Gasteiger partial charge in [-0.1, -0.05) is 194 Å². The second-order valence-corrected chi connectivity index (χ2v) is 17.6. The number of rotatable bonds is 6. The predicted octanol–water partition coefficient (Wildman–Crippen LogP) is 16.2. The summed E-state index contributed by atoms with van der Waals surface area (Å²) in [5.74, 6) is 1.79. The summed E-state index contributed by atoms with van der Waals surface area (Å²) in [6.07, 6.45) is 0. The summed E-state index contributed by atoms with van der Waals surface area (Å²) in [7, 11) is 0. The maximum atomic E-state index is 5.38. The van der Waals surface area contributed by atoms with Crippen molar-refractivity contribution in [2.45, 2.75) is 0 Å². The lowest BCUT2D eigenvalue weighted by Gasteiger charge is -2.13. The van der Waals surface area contributed by atoms with E-state index in [0.717, 1.165) is 71.6 Å². The van der Waals surface area contributed by atoms with Gasteiger partial charge in [0.05, 0.1) is 22.1 Å². The van der Waals surface area contributed by atoms with Crippen LogP contribution >= 0.6 is 0 Å². The van der Waals surface area contributed by atoms with E-state index in [2.05, 4.69) is 221 Å². The maximum Gasteiger partial charge on any atom is 0.238 e. The van der Waals surface area contributed by atoms with Crippen molar-refractivity contribution in [1.82, 2.24) is 24.1 Å². The van der Waals surface area contributed by atoms with Crippen LogP contribution in [0.1, 0.15) is 0 Å². The van der Waals surface area contributed by atoms with E-state index < -0.39 is 0 Å². The molecule has 0 bridgehead atoms. The Hall–Kier alpha value is -9.19. The molecule has 0 aliphatic rings. The molecule has 0 aliphatic heterocycles. The number of fused-ring (bicyclic) bond motifs is 13. The Morgan fingerprint density at radius 1 is 0.250 bits per heavy atom. The summed E-state index contributed by atoms with van der Waals surface area (Å²) in [5.41, 5.74) is 11.9.